The van der Waals surface area contributed by atoms with E-state index in [4.69, 9.17) is 4.74 Å². The lowest BCUT2D eigenvalue weighted by atomic mass is 10.0. The molecular formula is C30H40N4O5. The lowest BCUT2D eigenvalue weighted by molar-refractivity contribution is -0.131. The first kappa shape index (κ1) is 29.7. The van der Waals surface area contributed by atoms with Gasteiger partial charge in [0.25, 0.3) is 5.91 Å². The van der Waals surface area contributed by atoms with Gasteiger partial charge >= 0.3 is 0 Å². The summed E-state index contributed by atoms with van der Waals surface area (Å²) in [5.41, 5.74) is 1.19. The third-order valence-electron chi connectivity index (χ3n) is 6.39. The zero-order valence-electron chi connectivity index (χ0n) is 22.8. The summed E-state index contributed by atoms with van der Waals surface area (Å²) in [5, 5.41) is 11.2. The van der Waals surface area contributed by atoms with Gasteiger partial charge in [0.1, 0.15) is 17.8 Å². The van der Waals surface area contributed by atoms with Crippen LogP contribution in [-0.4, -0.2) is 55.4 Å². The summed E-state index contributed by atoms with van der Waals surface area (Å²) < 4.78 is 5.88. The van der Waals surface area contributed by atoms with Gasteiger partial charge in [-0.25, -0.2) is 0 Å². The molecular weight excluding hydrogens is 496 g/mol. The number of rotatable bonds is 5. The van der Waals surface area contributed by atoms with Gasteiger partial charge in [-0.05, 0) is 36.5 Å². The molecule has 2 aromatic carbocycles. The van der Waals surface area contributed by atoms with Gasteiger partial charge in [-0.3, -0.25) is 19.2 Å². The number of benzene rings is 2. The summed E-state index contributed by atoms with van der Waals surface area (Å²) in [7, 11) is 0. The molecule has 4 N–H and O–H groups in total. The van der Waals surface area contributed by atoms with E-state index in [-0.39, 0.29) is 18.2 Å². The van der Waals surface area contributed by atoms with E-state index in [1.54, 1.807) is 24.3 Å². The molecule has 3 rings (SSSR count). The lowest BCUT2D eigenvalue weighted by Gasteiger charge is -2.23. The third-order valence-corrected chi connectivity index (χ3v) is 6.39. The highest BCUT2D eigenvalue weighted by atomic mass is 16.5. The topological polar surface area (TPSA) is 126 Å². The summed E-state index contributed by atoms with van der Waals surface area (Å²) >= 11 is 0. The van der Waals surface area contributed by atoms with Crippen molar-refractivity contribution in [3.63, 3.8) is 0 Å². The molecule has 1 aliphatic heterocycles. The van der Waals surface area contributed by atoms with E-state index in [9.17, 15) is 19.2 Å². The van der Waals surface area contributed by atoms with Gasteiger partial charge in [-0.2, -0.15) is 0 Å². The Morgan fingerprint density at radius 1 is 0.949 bits per heavy atom. The van der Waals surface area contributed by atoms with Crippen LogP contribution in [-0.2, 0) is 20.8 Å². The fourth-order valence-electron chi connectivity index (χ4n) is 4.25. The second-order valence-corrected chi connectivity index (χ2v) is 10.2. The third kappa shape index (κ3) is 10.1. The summed E-state index contributed by atoms with van der Waals surface area (Å²) in [6.07, 6.45) is 3.41. The normalized spacial score (nSPS) is 19.8. The Morgan fingerprint density at radius 2 is 1.67 bits per heavy atom. The number of para-hydroxylation sites is 1. The molecule has 1 heterocycles. The first-order valence-electron chi connectivity index (χ1n) is 13.7. The minimum atomic E-state index is -1.14. The van der Waals surface area contributed by atoms with Gasteiger partial charge in [0.2, 0.25) is 17.7 Å². The van der Waals surface area contributed by atoms with Crippen LogP contribution in [0.3, 0.4) is 0 Å². The van der Waals surface area contributed by atoms with E-state index in [0.29, 0.717) is 37.4 Å². The van der Waals surface area contributed by atoms with E-state index in [0.717, 1.165) is 31.2 Å². The minimum absolute atomic E-state index is 0.186. The molecule has 0 aliphatic carbocycles. The van der Waals surface area contributed by atoms with Crippen LogP contribution in [0.1, 0.15) is 61.9 Å². The Bertz CT molecular complexity index is 1110. The van der Waals surface area contributed by atoms with Crippen LogP contribution in [0.25, 0.3) is 0 Å². The molecule has 39 heavy (non-hydrogen) atoms. The second-order valence-electron chi connectivity index (χ2n) is 10.2. The van der Waals surface area contributed by atoms with Gasteiger partial charge in [0, 0.05) is 19.5 Å². The van der Waals surface area contributed by atoms with Gasteiger partial charge in [0.05, 0.1) is 18.6 Å². The monoisotopic (exact) mass is 536 g/mol. The maximum atomic E-state index is 13.2. The SMILES string of the molecule is CC(C)CNC(=O)[C@@H]1CC(=O)N[C@@H](Cc2ccccc2)C(=O)NCCCCCCOc2ccccc2C(=O)N1. The molecule has 2 aromatic rings. The largest absolute Gasteiger partial charge is 0.493 e. The Morgan fingerprint density at radius 3 is 2.44 bits per heavy atom. The van der Waals surface area contributed by atoms with Crippen LogP contribution in [0.15, 0.2) is 54.6 Å². The average molecular weight is 537 g/mol. The first-order chi connectivity index (χ1) is 18.8. The van der Waals surface area contributed by atoms with Crippen molar-refractivity contribution in [2.75, 3.05) is 19.7 Å². The van der Waals surface area contributed by atoms with Crippen molar-refractivity contribution in [2.24, 2.45) is 5.92 Å². The van der Waals surface area contributed by atoms with E-state index in [2.05, 4.69) is 21.3 Å². The average Bonchev–Trinajstić information content (AvgIpc) is 2.92. The minimum Gasteiger partial charge on any atom is -0.493 e. The van der Waals surface area contributed by atoms with E-state index in [1.807, 2.05) is 44.2 Å². The van der Waals surface area contributed by atoms with Crippen molar-refractivity contribution in [1.29, 1.82) is 0 Å². The summed E-state index contributed by atoms with van der Waals surface area (Å²) in [5.74, 6) is -1.16. The predicted octanol–water partition coefficient (Wildman–Crippen LogP) is 2.74. The number of ether oxygens (including phenoxy) is 1. The maximum absolute atomic E-state index is 13.2. The van der Waals surface area contributed by atoms with Gasteiger partial charge < -0.3 is 26.0 Å². The number of amides is 4. The maximum Gasteiger partial charge on any atom is 0.255 e. The molecule has 0 bridgehead atoms. The molecule has 9 heteroatoms. The highest BCUT2D eigenvalue weighted by molar-refractivity contribution is 6.01. The van der Waals surface area contributed by atoms with Crippen molar-refractivity contribution in [2.45, 2.75) is 64.5 Å². The van der Waals surface area contributed by atoms with Crippen LogP contribution in [0, 0.1) is 5.92 Å². The van der Waals surface area contributed by atoms with Crippen molar-refractivity contribution in [1.82, 2.24) is 21.3 Å². The molecule has 9 nitrogen and oxygen atoms in total. The molecule has 0 unspecified atom stereocenters. The molecule has 1 aliphatic rings. The lowest BCUT2D eigenvalue weighted by Crippen LogP contribution is -2.53. The number of carbonyl (C=O) groups is 4. The molecule has 0 spiro atoms. The number of hydrogen-bond acceptors (Lipinski definition) is 5. The van der Waals surface area contributed by atoms with Crippen LogP contribution in [0.2, 0.25) is 0 Å². The van der Waals surface area contributed by atoms with Gasteiger partial charge in [-0.1, -0.05) is 69.2 Å². The number of fused-ring (bicyclic) bond motifs is 1. The van der Waals surface area contributed by atoms with Crippen molar-refractivity contribution >= 4 is 23.6 Å². The molecule has 0 aromatic heterocycles. The van der Waals surface area contributed by atoms with Gasteiger partial charge in [0.15, 0.2) is 0 Å². The zero-order chi connectivity index (χ0) is 28.0. The number of hydrogen-bond donors (Lipinski definition) is 4. The number of nitrogens with one attached hydrogen (secondary N) is 4. The van der Waals surface area contributed by atoms with Crippen molar-refractivity contribution < 1.29 is 23.9 Å². The van der Waals surface area contributed by atoms with E-state index < -0.39 is 29.8 Å². The molecule has 4 amide bonds. The molecule has 2 atom stereocenters. The smallest absolute Gasteiger partial charge is 0.255 e. The Labute approximate surface area is 230 Å². The Kier molecular flexibility index (Phi) is 11.8. The summed E-state index contributed by atoms with van der Waals surface area (Å²) in [4.78, 5) is 52.5. The van der Waals surface area contributed by atoms with Crippen molar-refractivity contribution in [3.05, 3.63) is 65.7 Å². The molecule has 0 saturated carbocycles. The zero-order valence-corrected chi connectivity index (χ0v) is 22.8. The molecule has 210 valence electrons. The molecule has 0 fully saturated rings. The van der Waals surface area contributed by atoms with Crippen LogP contribution >= 0.6 is 0 Å². The van der Waals surface area contributed by atoms with Crippen molar-refractivity contribution in [3.8, 4) is 5.75 Å². The standard InChI is InChI=1S/C30H40N4O5/c1-21(2)20-32-30(38)25-19-27(35)33-24(18-22-12-6-5-7-13-22)29(37)31-16-10-3-4-11-17-39-26-15-9-8-14-23(26)28(36)34-25/h5-9,12-15,21,24-25H,3-4,10-11,16-20H2,1-2H3,(H,31,37)(H,32,38)(H,33,35)(H,34,36)/t24-,25-/m0/s1. The number of carbonyl (C=O) groups excluding carboxylic acids is 4. The first-order valence-corrected chi connectivity index (χ1v) is 13.7. The van der Waals surface area contributed by atoms with Gasteiger partial charge in [-0.15, -0.1) is 0 Å². The second kappa shape index (κ2) is 15.5. The fourth-order valence-corrected chi connectivity index (χ4v) is 4.25. The predicted molar refractivity (Wildman–Crippen MR) is 149 cm³/mol. The summed E-state index contributed by atoms with van der Waals surface area (Å²) in [6, 6.07) is 14.3. The quantitative estimate of drug-likeness (QED) is 0.468. The van der Waals surface area contributed by atoms with Crippen LogP contribution in [0.4, 0.5) is 0 Å². The van der Waals surface area contributed by atoms with Crippen LogP contribution in [0.5, 0.6) is 5.75 Å². The van der Waals surface area contributed by atoms with E-state index in [1.165, 1.54) is 0 Å². The van der Waals surface area contributed by atoms with Crippen LogP contribution < -0.4 is 26.0 Å². The highest BCUT2D eigenvalue weighted by Gasteiger charge is 2.28. The molecule has 0 radical (unpaired) electrons. The summed E-state index contributed by atoms with van der Waals surface area (Å²) in [6.45, 7) is 5.24. The Balaban J connectivity index is 1.84. The Hall–Kier alpha value is -3.88. The molecule has 0 saturated heterocycles. The van der Waals surface area contributed by atoms with E-state index >= 15 is 0 Å². The highest BCUT2D eigenvalue weighted by Crippen LogP contribution is 2.19. The fraction of sp³-hybridized carbons (Fsp3) is 0.467.